The zero-order chi connectivity index (χ0) is 13.8. The Morgan fingerprint density at radius 3 is 2.32 bits per heavy atom. The van der Waals surface area contributed by atoms with Crippen molar-refractivity contribution in [2.24, 2.45) is 5.73 Å². The van der Waals surface area contributed by atoms with Crippen molar-refractivity contribution in [3.05, 3.63) is 53.3 Å². The Hall–Kier alpha value is -1.87. The van der Waals surface area contributed by atoms with Crippen molar-refractivity contribution in [1.29, 1.82) is 0 Å². The van der Waals surface area contributed by atoms with Gasteiger partial charge in [-0.3, -0.25) is 4.98 Å². The molecule has 1 heterocycles. The van der Waals surface area contributed by atoms with E-state index in [9.17, 15) is 0 Å². The molecule has 2 N–H and O–H groups in total. The first-order valence-corrected chi connectivity index (χ1v) is 6.56. The van der Waals surface area contributed by atoms with E-state index >= 15 is 0 Å². The standard InChI is InChI=1S/C16H20N2O/c1-4-15(17)16-6-5-13(10-18-16)19-14-8-11(2)7-12(3)9-14/h5-10,15H,4,17H2,1-3H3/t15-/m1/s1. The van der Waals surface area contributed by atoms with E-state index in [0.717, 1.165) is 23.6 Å². The van der Waals surface area contributed by atoms with Gasteiger partial charge >= 0.3 is 0 Å². The fraction of sp³-hybridized carbons (Fsp3) is 0.312. The second-order valence-electron chi connectivity index (χ2n) is 4.86. The number of aryl methyl sites for hydroxylation is 2. The van der Waals surface area contributed by atoms with Gasteiger partial charge in [-0.25, -0.2) is 0 Å². The van der Waals surface area contributed by atoms with Crippen LogP contribution >= 0.6 is 0 Å². The summed E-state index contributed by atoms with van der Waals surface area (Å²) in [6, 6.07) is 9.98. The molecule has 2 rings (SSSR count). The van der Waals surface area contributed by atoms with E-state index in [1.165, 1.54) is 11.1 Å². The molecule has 0 aliphatic heterocycles. The van der Waals surface area contributed by atoms with Crippen LogP contribution < -0.4 is 10.5 Å². The van der Waals surface area contributed by atoms with Gasteiger partial charge in [0.15, 0.2) is 0 Å². The summed E-state index contributed by atoms with van der Waals surface area (Å²) >= 11 is 0. The highest BCUT2D eigenvalue weighted by atomic mass is 16.5. The molecule has 1 atom stereocenters. The quantitative estimate of drug-likeness (QED) is 0.902. The van der Waals surface area contributed by atoms with Crippen molar-refractivity contribution >= 4 is 0 Å². The van der Waals surface area contributed by atoms with Crippen molar-refractivity contribution < 1.29 is 4.74 Å². The summed E-state index contributed by atoms with van der Waals surface area (Å²) in [5.41, 5.74) is 9.21. The Balaban J connectivity index is 2.15. The van der Waals surface area contributed by atoms with Crippen molar-refractivity contribution in [2.45, 2.75) is 33.2 Å². The van der Waals surface area contributed by atoms with Crippen LogP contribution in [0.25, 0.3) is 0 Å². The molecule has 0 saturated carbocycles. The molecule has 0 bridgehead atoms. The van der Waals surface area contributed by atoms with E-state index in [-0.39, 0.29) is 6.04 Å². The number of hydrogen-bond acceptors (Lipinski definition) is 3. The van der Waals surface area contributed by atoms with Gasteiger partial charge in [-0.15, -0.1) is 0 Å². The lowest BCUT2D eigenvalue weighted by atomic mass is 10.1. The fourth-order valence-electron chi connectivity index (χ4n) is 2.01. The highest BCUT2D eigenvalue weighted by Crippen LogP contribution is 2.24. The minimum Gasteiger partial charge on any atom is -0.456 e. The van der Waals surface area contributed by atoms with Gasteiger partial charge in [-0.1, -0.05) is 13.0 Å². The average molecular weight is 256 g/mol. The number of benzene rings is 1. The summed E-state index contributed by atoms with van der Waals surface area (Å²) in [6.45, 7) is 6.16. The van der Waals surface area contributed by atoms with Gasteiger partial charge in [0.1, 0.15) is 11.5 Å². The first-order valence-electron chi connectivity index (χ1n) is 6.56. The zero-order valence-corrected chi connectivity index (χ0v) is 11.7. The summed E-state index contributed by atoms with van der Waals surface area (Å²) in [7, 11) is 0. The lowest BCUT2D eigenvalue weighted by molar-refractivity contribution is 0.478. The molecule has 3 nitrogen and oxygen atoms in total. The molecule has 3 heteroatoms. The van der Waals surface area contributed by atoms with Crippen LogP contribution in [0.2, 0.25) is 0 Å². The molecule has 100 valence electrons. The summed E-state index contributed by atoms with van der Waals surface area (Å²) < 4.78 is 5.81. The molecular formula is C16H20N2O. The summed E-state index contributed by atoms with van der Waals surface area (Å²) in [5.74, 6) is 1.57. The predicted molar refractivity (Wildman–Crippen MR) is 77.4 cm³/mol. The molecule has 1 aromatic heterocycles. The van der Waals surface area contributed by atoms with Gasteiger partial charge in [0.25, 0.3) is 0 Å². The smallest absolute Gasteiger partial charge is 0.145 e. The SMILES string of the molecule is CC[C@@H](N)c1ccc(Oc2cc(C)cc(C)c2)cn1. The van der Waals surface area contributed by atoms with Crippen molar-refractivity contribution in [3.8, 4) is 11.5 Å². The molecule has 0 unspecified atom stereocenters. The van der Waals surface area contributed by atoms with Crippen molar-refractivity contribution in [3.63, 3.8) is 0 Å². The molecule has 0 amide bonds. The molecule has 0 spiro atoms. The van der Waals surface area contributed by atoms with Gasteiger partial charge in [0, 0.05) is 6.04 Å². The molecule has 0 aliphatic rings. The van der Waals surface area contributed by atoms with Gasteiger partial charge in [-0.05, 0) is 55.7 Å². The van der Waals surface area contributed by atoms with E-state index in [2.05, 4.69) is 24.9 Å². The first-order chi connectivity index (χ1) is 9.08. The molecule has 1 aromatic carbocycles. The molecule has 0 aliphatic carbocycles. The van der Waals surface area contributed by atoms with Crippen LogP contribution in [-0.2, 0) is 0 Å². The van der Waals surface area contributed by atoms with Gasteiger partial charge in [0.2, 0.25) is 0 Å². The van der Waals surface area contributed by atoms with Crippen LogP contribution in [-0.4, -0.2) is 4.98 Å². The van der Waals surface area contributed by atoms with Crippen LogP contribution in [0.4, 0.5) is 0 Å². The average Bonchev–Trinajstić information content (AvgIpc) is 2.37. The Labute approximate surface area is 114 Å². The number of ether oxygens (including phenoxy) is 1. The van der Waals surface area contributed by atoms with Gasteiger partial charge in [0.05, 0.1) is 11.9 Å². The molecule has 2 aromatic rings. The minimum atomic E-state index is -0.00439. The lowest BCUT2D eigenvalue weighted by Gasteiger charge is -2.10. The van der Waals surface area contributed by atoms with Crippen LogP contribution in [0.1, 0.15) is 36.2 Å². The van der Waals surface area contributed by atoms with Gasteiger partial charge in [-0.2, -0.15) is 0 Å². The normalized spacial score (nSPS) is 12.2. The molecule has 0 saturated heterocycles. The third-order valence-electron chi connectivity index (χ3n) is 3.01. The van der Waals surface area contributed by atoms with E-state index in [4.69, 9.17) is 10.5 Å². The number of hydrogen-bond donors (Lipinski definition) is 1. The summed E-state index contributed by atoms with van der Waals surface area (Å²) in [5, 5.41) is 0. The van der Waals surface area contributed by atoms with Crippen molar-refractivity contribution in [1.82, 2.24) is 4.98 Å². The van der Waals surface area contributed by atoms with E-state index in [1.807, 2.05) is 31.2 Å². The monoisotopic (exact) mass is 256 g/mol. The Morgan fingerprint density at radius 1 is 1.11 bits per heavy atom. The number of nitrogens with two attached hydrogens (primary N) is 1. The number of aromatic nitrogens is 1. The van der Waals surface area contributed by atoms with E-state index < -0.39 is 0 Å². The third-order valence-corrected chi connectivity index (χ3v) is 3.01. The molecule has 0 radical (unpaired) electrons. The van der Waals surface area contributed by atoms with Crippen molar-refractivity contribution in [2.75, 3.05) is 0 Å². The second-order valence-corrected chi connectivity index (χ2v) is 4.86. The predicted octanol–water partition coefficient (Wildman–Crippen LogP) is 3.90. The van der Waals surface area contributed by atoms with Crippen LogP contribution in [0.3, 0.4) is 0 Å². The molecule has 19 heavy (non-hydrogen) atoms. The Morgan fingerprint density at radius 2 is 1.79 bits per heavy atom. The van der Waals surface area contributed by atoms with Crippen LogP contribution in [0, 0.1) is 13.8 Å². The van der Waals surface area contributed by atoms with Gasteiger partial charge < -0.3 is 10.5 Å². The third kappa shape index (κ3) is 3.55. The molecular weight excluding hydrogens is 236 g/mol. The maximum Gasteiger partial charge on any atom is 0.145 e. The highest BCUT2D eigenvalue weighted by molar-refractivity contribution is 5.36. The first kappa shape index (κ1) is 13.6. The largest absolute Gasteiger partial charge is 0.456 e. The van der Waals surface area contributed by atoms with Crippen LogP contribution in [0.15, 0.2) is 36.5 Å². The molecule has 0 fully saturated rings. The Kier molecular flexibility index (Phi) is 4.17. The van der Waals surface area contributed by atoms with Crippen LogP contribution in [0.5, 0.6) is 11.5 Å². The number of nitrogens with zero attached hydrogens (tertiary/aromatic N) is 1. The van der Waals surface area contributed by atoms with E-state index in [0.29, 0.717) is 0 Å². The second kappa shape index (κ2) is 5.85. The summed E-state index contributed by atoms with van der Waals surface area (Å²) in [6.07, 6.45) is 2.60. The number of rotatable bonds is 4. The lowest BCUT2D eigenvalue weighted by Crippen LogP contribution is -2.10. The highest BCUT2D eigenvalue weighted by Gasteiger charge is 2.05. The fourth-order valence-corrected chi connectivity index (χ4v) is 2.01. The maximum atomic E-state index is 5.93. The zero-order valence-electron chi connectivity index (χ0n) is 11.7. The topological polar surface area (TPSA) is 48.1 Å². The minimum absolute atomic E-state index is 0.00439. The number of pyridine rings is 1. The summed E-state index contributed by atoms with van der Waals surface area (Å²) in [4.78, 5) is 4.34. The Bertz CT molecular complexity index is 529. The maximum absolute atomic E-state index is 5.93. The van der Waals surface area contributed by atoms with E-state index in [1.54, 1.807) is 6.20 Å².